The standard InChI is InChI=1S/C13H23NO2/c1-12(2,3)16-11(15)13-7-5-4-6-10(13)14-9-8-13/h10,14H,4-9H2,1-3H3. The molecule has 1 heterocycles. The van der Waals surface area contributed by atoms with Crippen LogP contribution in [-0.2, 0) is 9.53 Å². The lowest BCUT2D eigenvalue weighted by molar-refractivity contribution is -0.170. The van der Waals surface area contributed by atoms with Gasteiger partial charge in [-0.15, -0.1) is 0 Å². The maximum atomic E-state index is 12.4. The molecule has 16 heavy (non-hydrogen) atoms. The minimum absolute atomic E-state index is 0.0229. The summed E-state index contributed by atoms with van der Waals surface area (Å²) >= 11 is 0. The fraction of sp³-hybridized carbons (Fsp3) is 0.923. The molecule has 3 heteroatoms. The monoisotopic (exact) mass is 225 g/mol. The molecule has 0 aromatic heterocycles. The SMILES string of the molecule is CC(C)(C)OC(=O)C12CCCCC1NCC2. The number of nitrogens with one attached hydrogen (secondary N) is 1. The minimum Gasteiger partial charge on any atom is -0.459 e. The van der Waals surface area contributed by atoms with Crippen LogP contribution in [0.2, 0.25) is 0 Å². The Morgan fingerprint density at radius 1 is 1.31 bits per heavy atom. The third-order valence-electron chi connectivity index (χ3n) is 3.80. The molecule has 0 radical (unpaired) electrons. The predicted octanol–water partition coefficient (Wildman–Crippen LogP) is 2.25. The van der Waals surface area contributed by atoms with Crippen LogP contribution in [0.4, 0.5) is 0 Å². The summed E-state index contributed by atoms with van der Waals surface area (Å²) in [6.45, 7) is 6.80. The van der Waals surface area contributed by atoms with Crippen molar-refractivity contribution in [2.45, 2.75) is 64.5 Å². The van der Waals surface area contributed by atoms with Crippen molar-refractivity contribution in [2.75, 3.05) is 6.54 Å². The van der Waals surface area contributed by atoms with E-state index in [2.05, 4.69) is 5.32 Å². The lowest BCUT2D eigenvalue weighted by Crippen LogP contribution is -2.47. The molecule has 0 amide bonds. The molecular weight excluding hydrogens is 202 g/mol. The van der Waals surface area contributed by atoms with Gasteiger partial charge in [-0.2, -0.15) is 0 Å². The van der Waals surface area contributed by atoms with Gasteiger partial charge in [0, 0.05) is 6.04 Å². The van der Waals surface area contributed by atoms with E-state index >= 15 is 0 Å². The van der Waals surface area contributed by atoms with Gasteiger partial charge in [0.25, 0.3) is 0 Å². The zero-order valence-electron chi connectivity index (χ0n) is 10.6. The molecule has 1 N–H and O–H groups in total. The van der Waals surface area contributed by atoms with E-state index in [1.165, 1.54) is 6.42 Å². The first-order chi connectivity index (χ1) is 7.44. The number of carbonyl (C=O) groups is 1. The maximum Gasteiger partial charge on any atom is 0.314 e. The Hall–Kier alpha value is -0.570. The van der Waals surface area contributed by atoms with E-state index in [9.17, 15) is 4.79 Å². The molecular formula is C13H23NO2. The highest BCUT2D eigenvalue weighted by molar-refractivity contribution is 5.79. The van der Waals surface area contributed by atoms with Crippen molar-refractivity contribution in [2.24, 2.45) is 5.41 Å². The van der Waals surface area contributed by atoms with Crippen molar-refractivity contribution in [1.29, 1.82) is 0 Å². The van der Waals surface area contributed by atoms with Crippen LogP contribution in [0.15, 0.2) is 0 Å². The average molecular weight is 225 g/mol. The number of ether oxygens (including phenoxy) is 1. The van der Waals surface area contributed by atoms with Gasteiger partial charge in [-0.1, -0.05) is 12.8 Å². The van der Waals surface area contributed by atoms with E-state index in [1.807, 2.05) is 20.8 Å². The van der Waals surface area contributed by atoms with E-state index < -0.39 is 0 Å². The topological polar surface area (TPSA) is 38.3 Å². The fourth-order valence-electron chi connectivity index (χ4n) is 3.03. The smallest absolute Gasteiger partial charge is 0.314 e. The second-order valence-electron chi connectivity index (χ2n) is 6.16. The zero-order valence-corrected chi connectivity index (χ0v) is 10.6. The summed E-state index contributed by atoms with van der Waals surface area (Å²) < 4.78 is 5.60. The van der Waals surface area contributed by atoms with Crippen LogP contribution in [0.1, 0.15) is 52.9 Å². The summed E-state index contributed by atoms with van der Waals surface area (Å²) in [5, 5.41) is 3.47. The lowest BCUT2D eigenvalue weighted by atomic mass is 9.70. The molecule has 3 nitrogen and oxygen atoms in total. The second-order valence-corrected chi connectivity index (χ2v) is 6.16. The molecule has 0 aromatic rings. The molecule has 0 spiro atoms. The van der Waals surface area contributed by atoms with Gasteiger partial charge in [-0.3, -0.25) is 4.79 Å². The number of carbonyl (C=O) groups excluding carboxylic acids is 1. The zero-order chi connectivity index (χ0) is 11.8. The van der Waals surface area contributed by atoms with Gasteiger partial charge >= 0.3 is 5.97 Å². The number of esters is 1. The van der Waals surface area contributed by atoms with Crippen LogP contribution in [0.5, 0.6) is 0 Å². The van der Waals surface area contributed by atoms with Gasteiger partial charge in [0.2, 0.25) is 0 Å². The molecule has 2 rings (SSSR count). The Morgan fingerprint density at radius 2 is 2.06 bits per heavy atom. The molecule has 1 saturated carbocycles. The van der Waals surface area contributed by atoms with Crippen LogP contribution in [-0.4, -0.2) is 24.2 Å². The first-order valence-corrected chi connectivity index (χ1v) is 6.41. The van der Waals surface area contributed by atoms with Crippen LogP contribution in [0.25, 0.3) is 0 Å². The summed E-state index contributed by atoms with van der Waals surface area (Å²) in [7, 11) is 0. The maximum absolute atomic E-state index is 12.4. The molecule has 2 fully saturated rings. The third kappa shape index (κ3) is 2.10. The van der Waals surface area contributed by atoms with Gasteiger partial charge in [0.15, 0.2) is 0 Å². The Balaban J connectivity index is 2.13. The van der Waals surface area contributed by atoms with Crippen molar-refractivity contribution >= 4 is 5.97 Å². The van der Waals surface area contributed by atoms with Gasteiger partial charge in [-0.05, 0) is 46.6 Å². The van der Waals surface area contributed by atoms with Gasteiger partial charge in [-0.25, -0.2) is 0 Å². The van der Waals surface area contributed by atoms with Crippen molar-refractivity contribution in [3.63, 3.8) is 0 Å². The second kappa shape index (κ2) is 4.02. The van der Waals surface area contributed by atoms with Crippen molar-refractivity contribution in [1.82, 2.24) is 5.32 Å². The van der Waals surface area contributed by atoms with Crippen LogP contribution < -0.4 is 5.32 Å². The minimum atomic E-state index is -0.365. The largest absolute Gasteiger partial charge is 0.459 e. The number of fused-ring (bicyclic) bond motifs is 1. The summed E-state index contributed by atoms with van der Waals surface area (Å²) in [6, 6.07) is 0.357. The van der Waals surface area contributed by atoms with Gasteiger partial charge < -0.3 is 10.1 Å². The van der Waals surface area contributed by atoms with E-state index in [0.717, 1.165) is 32.2 Å². The fourth-order valence-corrected chi connectivity index (χ4v) is 3.03. The Bertz CT molecular complexity index is 282. The molecule has 0 bridgehead atoms. The normalized spacial score (nSPS) is 34.6. The Labute approximate surface area is 97.9 Å². The Kier molecular flexibility index (Phi) is 2.99. The highest BCUT2D eigenvalue weighted by Crippen LogP contribution is 2.44. The van der Waals surface area contributed by atoms with Crippen LogP contribution in [0.3, 0.4) is 0 Å². The molecule has 1 aliphatic heterocycles. The molecule has 1 saturated heterocycles. The molecule has 2 atom stereocenters. The Morgan fingerprint density at radius 3 is 2.75 bits per heavy atom. The number of hydrogen-bond donors (Lipinski definition) is 1. The van der Waals surface area contributed by atoms with E-state index in [4.69, 9.17) is 4.74 Å². The highest BCUT2D eigenvalue weighted by Gasteiger charge is 2.51. The van der Waals surface area contributed by atoms with Crippen molar-refractivity contribution in [3.05, 3.63) is 0 Å². The van der Waals surface area contributed by atoms with Gasteiger partial charge in [0.05, 0.1) is 5.41 Å². The van der Waals surface area contributed by atoms with Crippen molar-refractivity contribution in [3.8, 4) is 0 Å². The summed E-state index contributed by atoms with van der Waals surface area (Å²) in [5.74, 6) is 0.0229. The predicted molar refractivity (Wildman–Crippen MR) is 63.2 cm³/mol. The van der Waals surface area contributed by atoms with Crippen molar-refractivity contribution < 1.29 is 9.53 Å². The van der Waals surface area contributed by atoms with Gasteiger partial charge in [0.1, 0.15) is 5.60 Å². The molecule has 1 aliphatic carbocycles. The first-order valence-electron chi connectivity index (χ1n) is 6.41. The highest BCUT2D eigenvalue weighted by atomic mass is 16.6. The van der Waals surface area contributed by atoms with E-state index in [0.29, 0.717) is 6.04 Å². The molecule has 0 aromatic carbocycles. The quantitative estimate of drug-likeness (QED) is 0.696. The number of rotatable bonds is 1. The summed E-state index contributed by atoms with van der Waals surface area (Å²) in [6.07, 6.45) is 5.48. The molecule has 2 unspecified atom stereocenters. The summed E-state index contributed by atoms with van der Waals surface area (Å²) in [4.78, 5) is 12.4. The molecule has 92 valence electrons. The third-order valence-corrected chi connectivity index (χ3v) is 3.80. The average Bonchev–Trinajstić information content (AvgIpc) is 2.59. The first kappa shape index (κ1) is 11.9. The van der Waals surface area contributed by atoms with Crippen LogP contribution >= 0.6 is 0 Å². The number of hydrogen-bond acceptors (Lipinski definition) is 3. The lowest BCUT2D eigenvalue weighted by Gasteiger charge is -2.38. The van der Waals surface area contributed by atoms with Crippen LogP contribution in [0, 0.1) is 5.41 Å². The summed E-state index contributed by atoms with van der Waals surface area (Å²) in [5.41, 5.74) is -0.581. The van der Waals surface area contributed by atoms with E-state index in [1.54, 1.807) is 0 Å². The molecule has 2 aliphatic rings. The van der Waals surface area contributed by atoms with E-state index in [-0.39, 0.29) is 17.0 Å².